The lowest BCUT2D eigenvalue weighted by Crippen LogP contribution is -2.45. The van der Waals surface area contributed by atoms with Gasteiger partial charge in [-0.15, -0.1) is 10.2 Å². The van der Waals surface area contributed by atoms with E-state index in [0.717, 1.165) is 37.0 Å². The van der Waals surface area contributed by atoms with Gasteiger partial charge in [0.1, 0.15) is 12.3 Å². The minimum absolute atomic E-state index is 0.0569. The topological polar surface area (TPSA) is 121 Å². The standard InChI is InChI=1S/C27H34N6O5/c1-36-22-12-9-19(10-13-22)16-32(17-25(34)28-21-7-5-4-6-8-21)26(35)18-33-30-27(29-31-33)20-11-14-23(37-2)24(15-20)38-3/h9-15,21H,4-8,16-18H2,1-3H3,(H,28,34). The molecule has 1 N–H and O–H groups in total. The first kappa shape index (κ1) is 26.9. The van der Waals surface area contributed by atoms with Gasteiger partial charge in [0.2, 0.25) is 17.6 Å². The second kappa shape index (κ2) is 12.9. The van der Waals surface area contributed by atoms with Crippen molar-refractivity contribution in [1.82, 2.24) is 30.4 Å². The van der Waals surface area contributed by atoms with E-state index in [2.05, 4.69) is 20.7 Å². The molecule has 3 aromatic rings. The second-order valence-electron chi connectivity index (χ2n) is 9.21. The van der Waals surface area contributed by atoms with Crippen LogP contribution in [-0.2, 0) is 22.7 Å². The molecule has 38 heavy (non-hydrogen) atoms. The number of benzene rings is 2. The van der Waals surface area contributed by atoms with Crippen LogP contribution in [0.15, 0.2) is 42.5 Å². The van der Waals surface area contributed by atoms with E-state index < -0.39 is 0 Å². The number of nitrogens with one attached hydrogen (secondary N) is 1. The first-order chi connectivity index (χ1) is 18.5. The molecule has 1 fully saturated rings. The largest absolute Gasteiger partial charge is 0.497 e. The van der Waals surface area contributed by atoms with E-state index in [1.54, 1.807) is 39.5 Å². The number of aromatic nitrogens is 4. The molecular weight excluding hydrogens is 488 g/mol. The normalized spacial score (nSPS) is 13.6. The van der Waals surface area contributed by atoms with Crippen LogP contribution in [0.2, 0.25) is 0 Å². The van der Waals surface area contributed by atoms with Crippen molar-refractivity contribution in [2.45, 2.75) is 51.2 Å². The number of hydrogen-bond acceptors (Lipinski definition) is 8. The zero-order valence-corrected chi connectivity index (χ0v) is 22.1. The van der Waals surface area contributed by atoms with Gasteiger partial charge in [0, 0.05) is 18.2 Å². The summed E-state index contributed by atoms with van der Waals surface area (Å²) in [6.07, 6.45) is 5.37. The molecule has 1 aromatic heterocycles. The third-order valence-corrected chi connectivity index (χ3v) is 6.56. The van der Waals surface area contributed by atoms with Gasteiger partial charge in [-0.3, -0.25) is 9.59 Å². The van der Waals surface area contributed by atoms with E-state index in [-0.39, 0.29) is 37.5 Å². The molecule has 1 heterocycles. The fourth-order valence-electron chi connectivity index (χ4n) is 4.50. The average Bonchev–Trinajstić information content (AvgIpc) is 3.41. The van der Waals surface area contributed by atoms with Crippen molar-refractivity contribution in [3.8, 4) is 28.6 Å². The molecule has 0 bridgehead atoms. The molecule has 0 unspecified atom stereocenters. The first-order valence-corrected chi connectivity index (χ1v) is 12.7. The van der Waals surface area contributed by atoms with Gasteiger partial charge >= 0.3 is 0 Å². The van der Waals surface area contributed by atoms with Crippen molar-refractivity contribution >= 4 is 11.8 Å². The summed E-state index contributed by atoms with van der Waals surface area (Å²) in [5.74, 6) is 1.71. The molecule has 4 rings (SSSR count). The lowest BCUT2D eigenvalue weighted by molar-refractivity contribution is -0.137. The van der Waals surface area contributed by atoms with Crippen molar-refractivity contribution in [2.24, 2.45) is 0 Å². The minimum Gasteiger partial charge on any atom is -0.497 e. The zero-order chi connectivity index (χ0) is 26.9. The number of carbonyl (C=O) groups is 2. The second-order valence-corrected chi connectivity index (χ2v) is 9.21. The summed E-state index contributed by atoms with van der Waals surface area (Å²) in [5.41, 5.74) is 1.55. The summed E-state index contributed by atoms with van der Waals surface area (Å²) in [6.45, 7) is 0.0455. The van der Waals surface area contributed by atoms with Crippen LogP contribution in [0.25, 0.3) is 11.4 Å². The van der Waals surface area contributed by atoms with Crippen LogP contribution >= 0.6 is 0 Å². The van der Waals surface area contributed by atoms with E-state index in [1.807, 2.05) is 24.3 Å². The maximum absolute atomic E-state index is 13.4. The van der Waals surface area contributed by atoms with Crippen molar-refractivity contribution < 1.29 is 23.8 Å². The molecule has 1 saturated carbocycles. The van der Waals surface area contributed by atoms with E-state index in [9.17, 15) is 9.59 Å². The molecule has 0 aliphatic heterocycles. The molecule has 0 saturated heterocycles. The van der Waals surface area contributed by atoms with Gasteiger partial charge in [-0.25, -0.2) is 0 Å². The lowest BCUT2D eigenvalue weighted by Gasteiger charge is -2.26. The molecule has 1 aliphatic carbocycles. The van der Waals surface area contributed by atoms with Gasteiger partial charge in [-0.2, -0.15) is 4.80 Å². The van der Waals surface area contributed by atoms with E-state index in [4.69, 9.17) is 14.2 Å². The molecule has 2 aromatic carbocycles. The predicted molar refractivity (Wildman–Crippen MR) is 140 cm³/mol. The molecule has 11 heteroatoms. The van der Waals surface area contributed by atoms with Crippen molar-refractivity contribution in [3.05, 3.63) is 48.0 Å². The van der Waals surface area contributed by atoms with Gasteiger partial charge < -0.3 is 24.4 Å². The quantitative estimate of drug-likeness (QED) is 0.408. The van der Waals surface area contributed by atoms with Crippen molar-refractivity contribution in [3.63, 3.8) is 0 Å². The number of rotatable bonds is 11. The SMILES string of the molecule is COc1ccc(CN(CC(=O)NC2CCCCC2)C(=O)Cn2nnc(-c3ccc(OC)c(OC)c3)n2)cc1. The summed E-state index contributed by atoms with van der Waals surface area (Å²) in [7, 11) is 4.71. The Morgan fingerprint density at radius 2 is 1.71 bits per heavy atom. The highest BCUT2D eigenvalue weighted by molar-refractivity contribution is 5.84. The Morgan fingerprint density at radius 3 is 2.39 bits per heavy atom. The van der Waals surface area contributed by atoms with Gasteiger partial charge in [-0.05, 0) is 54.0 Å². The number of carbonyl (C=O) groups excluding carboxylic acids is 2. The number of ether oxygens (including phenoxy) is 3. The Bertz CT molecular complexity index is 1220. The van der Waals surface area contributed by atoms with Gasteiger partial charge in [0.15, 0.2) is 11.5 Å². The summed E-state index contributed by atoms with van der Waals surface area (Å²) >= 11 is 0. The monoisotopic (exact) mass is 522 g/mol. The molecule has 0 atom stereocenters. The Balaban J connectivity index is 1.47. The average molecular weight is 523 g/mol. The smallest absolute Gasteiger partial charge is 0.247 e. The van der Waals surface area contributed by atoms with Crippen LogP contribution in [0.5, 0.6) is 17.2 Å². The van der Waals surface area contributed by atoms with E-state index in [0.29, 0.717) is 22.9 Å². The lowest BCUT2D eigenvalue weighted by atomic mass is 9.95. The van der Waals surface area contributed by atoms with Crippen molar-refractivity contribution in [1.29, 1.82) is 0 Å². The van der Waals surface area contributed by atoms with Gasteiger partial charge in [0.25, 0.3) is 0 Å². The van der Waals surface area contributed by atoms with E-state index >= 15 is 0 Å². The van der Waals surface area contributed by atoms with Gasteiger partial charge in [-0.1, -0.05) is 31.4 Å². The highest BCUT2D eigenvalue weighted by atomic mass is 16.5. The Morgan fingerprint density at radius 1 is 0.974 bits per heavy atom. The highest BCUT2D eigenvalue weighted by Crippen LogP contribution is 2.30. The summed E-state index contributed by atoms with van der Waals surface area (Å²) in [5, 5.41) is 15.6. The fraction of sp³-hybridized carbons (Fsp3) is 0.444. The number of amides is 2. The summed E-state index contributed by atoms with van der Waals surface area (Å²) < 4.78 is 15.9. The van der Waals surface area contributed by atoms with Gasteiger partial charge in [0.05, 0.1) is 27.9 Å². The van der Waals surface area contributed by atoms with Crippen LogP contribution < -0.4 is 19.5 Å². The van der Waals surface area contributed by atoms with Crippen LogP contribution in [0, 0.1) is 0 Å². The van der Waals surface area contributed by atoms with Crippen molar-refractivity contribution in [2.75, 3.05) is 27.9 Å². The molecular formula is C27H34N6O5. The zero-order valence-electron chi connectivity index (χ0n) is 22.1. The number of methoxy groups -OCH3 is 3. The first-order valence-electron chi connectivity index (χ1n) is 12.7. The number of tetrazole rings is 1. The Hall–Kier alpha value is -4.15. The molecule has 0 radical (unpaired) electrons. The molecule has 202 valence electrons. The Labute approximate surface area is 222 Å². The minimum atomic E-state index is -0.295. The molecule has 2 amide bonds. The molecule has 0 spiro atoms. The van der Waals surface area contributed by atoms with Crippen LogP contribution in [0.1, 0.15) is 37.7 Å². The third kappa shape index (κ3) is 6.99. The summed E-state index contributed by atoms with van der Waals surface area (Å²) in [4.78, 5) is 29.0. The highest BCUT2D eigenvalue weighted by Gasteiger charge is 2.22. The molecule has 1 aliphatic rings. The maximum Gasteiger partial charge on any atom is 0.247 e. The molecule has 11 nitrogen and oxygen atoms in total. The summed E-state index contributed by atoms with van der Waals surface area (Å²) in [6, 6.07) is 12.9. The fourth-order valence-corrected chi connectivity index (χ4v) is 4.50. The van der Waals surface area contributed by atoms with Crippen LogP contribution in [0.3, 0.4) is 0 Å². The van der Waals surface area contributed by atoms with Crippen LogP contribution in [-0.4, -0.2) is 70.8 Å². The predicted octanol–water partition coefficient (Wildman–Crippen LogP) is 2.84. The Kier molecular flexibility index (Phi) is 9.12. The number of hydrogen-bond donors (Lipinski definition) is 1. The van der Waals surface area contributed by atoms with E-state index in [1.165, 1.54) is 16.1 Å². The van der Waals surface area contributed by atoms with Crippen LogP contribution in [0.4, 0.5) is 0 Å². The maximum atomic E-state index is 13.4. The third-order valence-electron chi connectivity index (χ3n) is 6.56. The number of nitrogens with zero attached hydrogens (tertiary/aromatic N) is 5.